The molecule has 5 rings (SSSR count). The summed E-state index contributed by atoms with van der Waals surface area (Å²) in [4.78, 5) is 23.1. The van der Waals surface area contributed by atoms with Crippen LogP contribution in [0.2, 0.25) is 0 Å². The van der Waals surface area contributed by atoms with Crippen LogP contribution in [0.3, 0.4) is 0 Å². The van der Waals surface area contributed by atoms with Crippen molar-refractivity contribution in [1.29, 1.82) is 0 Å². The molecule has 4 heterocycles. The maximum atomic E-state index is 13.1. The lowest BCUT2D eigenvalue weighted by Crippen LogP contribution is -2.36. The van der Waals surface area contributed by atoms with E-state index in [1.165, 1.54) is 5.56 Å². The molecule has 142 valence electrons. The maximum absolute atomic E-state index is 13.1. The van der Waals surface area contributed by atoms with Crippen molar-refractivity contribution in [2.24, 2.45) is 0 Å². The van der Waals surface area contributed by atoms with Crippen molar-refractivity contribution in [3.8, 4) is 11.6 Å². The van der Waals surface area contributed by atoms with Gasteiger partial charge in [-0.15, -0.1) is 10.2 Å². The molecule has 3 aromatic rings. The van der Waals surface area contributed by atoms with Gasteiger partial charge < -0.3 is 14.1 Å². The number of likely N-dealkylation sites (tertiary alicyclic amines) is 1. The highest BCUT2D eigenvalue weighted by molar-refractivity contribution is 5.83. The number of carbonyl (C=O) groups excluding carboxylic acids is 1. The van der Waals surface area contributed by atoms with Crippen LogP contribution in [-0.4, -0.2) is 50.7 Å². The first kappa shape index (κ1) is 17.0. The van der Waals surface area contributed by atoms with Crippen LogP contribution in [0.15, 0.2) is 47.3 Å². The average Bonchev–Trinajstić information content (AvgIpc) is 3.43. The van der Waals surface area contributed by atoms with E-state index in [1.54, 1.807) is 18.6 Å². The van der Waals surface area contributed by atoms with Crippen LogP contribution in [0.25, 0.3) is 11.6 Å². The third-order valence-corrected chi connectivity index (χ3v) is 5.29. The van der Waals surface area contributed by atoms with Crippen molar-refractivity contribution in [3.05, 3.63) is 59.9 Å². The van der Waals surface area contributed by atoms with Gasteiger partial charge in [0.25, 0.3) is 11.8 Å². The molecule has 8 heteroatoms. The van der Waals surface area contributed by atoms with Crippen LogP contribution < -0.4 is 0 Å². The largest absolute Gasteiger partial charge is 0.419 e. The summed E-state index contributed by atoms with van der Waals surface area (Å²) >= 11 is 0. The lowest BCUT2D eigenvalue weighted by atomic mass is 9.97. The van der Waals surface area contributed by atoms with Crippen LogP contribution >= 0.6 is 0 Å². The molecule has 8 nitrogen and oxygen atoms in total. The molecule has 0 saturated carbocycles. The van der Waals surface area contributed by atoms with E-state index in [0.717, 1.165) is 18.4 Å². The second kappa shape index (κ2) is 7.12. The standard InChI is InChI=1S/C20H19N5O3/c26-20(17-15-4-2-1-3-13(15)6-10-27-17)25-9-5-14(12-25)18-23-24-19(28-18)16-11-21-7-8-22-16/h1-4,7-8,11,14,17H,5-6,9-10,12H2/t14-,17+/m1/s1. The van der Waals surface area contributed by atoms with Crippen LogP contribution in [0.4, 0.5) is 0 Å². The van der Waals surface area contributed by atoms with E-state index in [2.05, 4.69) is 26.2 Å². The number of benzene rings is 1. The Kier molecular flexibility index (Phi) is 4.32. The number of carbonyl (C=O) groups is 1. The van der Waals surface area contributed by atoms with Gasteiger partial charge >= 0.3 is 0 Å². The molecule has 0 spiro atoms. The van der Waals surface area contributed by atoms with Gasteiger partial charge in [-0.1, -0.05) is 24.3 Å². The summed E-state index contributed by atoms with van der Waals surface area (Å²) in [7, 11) is 0. The van der Waals surface area contributed by atoms with E-state index in [9.17, 15) is 4.79 Å². The van der Waals surface area contributed by atoms with Crippen LogP contribution in [-0.2, 0) is 16.0 Å². The highest BCUT2D eigenvalue weighted by atomic mass is 16.5. The van der Waals surface area contributed by atoms with Crippen molar-refractivity contribution in [3.63, 3.8) is 0 Å². The first-order valence-electron chi connectivity index (χ1n) is 9.37. The van der Waals surface area contributed by atoms with Gasteiger partial charge in [0.2, 0.25) is 5.89 Å². The predicted molar refractivity (Wildman–Crippen MR) is 98.1 cm³/mol. The number of ether oxygens (including phenoxy) is 1. The Labute approximate surface area is 161 Å². The van der Waals surface area contributed by atoms with E-state index in [1.807, 2.05) is 23.1 Å². The Morgan fingerprint density at radius 3 is 3.00 bits per heavy atom. The zero-order valence-corrected chi connectivity index (χ0v) is 15.2. The van der Waals surface area contributed by atoms with Gasteiger partial charge in [0.1, 0.15) is 5.69 Å². The Hall–Kier alpha value is -3.13. The summed E-state index contributed by atoms with van der Waals surface area (Å²) in [6.45, 7) is 1.76. The highest BCUT2D eigenvalue weighted by Gasteiger charge is 2.36. The quantitative estimate of drug-likeness (QED) is 0.690. The number of aromatic nitrogens is 4. The van der Waals surface area contributed by atoms with Gasteiger partial charge in [0, 0.05) is 25.5 Å². The zero-order valence-electron chi connectivity index (χ0n) is 15.2. The van der Waals surface area contributed by atoms with Crippen molar-refractivity contribution in [1.82, 2.24) is 25.1 Å². The van der Waals surface area contributed by atoms with E-state index < -0.39 is 6.10 Å². The molecule has 0 N–H and O–H groups in total. The topological polar surface area (TPSA) is 94.2 Å². The molecule has 1 aromatic carbocycles. The van der Waals surface area contributed by atoms with E-state index in [4.69, 9.17) is 9.15 Å². The minimum absolute atomic E-state index is 0.00307. The van der Waals surface area contributed by atoms with Crippen molar-refractivity contribution in [2.45, 2.75) is 24.9 Å². The maximum Gasteiger partial charge on any atom is 0.267 e. The van der Waals surface area contributed by atoms with Crippen LogP contribution in [0, 0.1) is 0 Å². The molecule has 2 aliphatic rings. The lowest BCUT2D eigenvalue weighted by molar-refractivity contribution is -0.144. The fraction of sp³-hybridized carbons (Fsp3) is 0.350. The molecule has 0 unspecified atom stereocenters. The zero-order chi connectivity index (χ0) is 18.9. The third kappa shape index (κ3) is 3.05. The van der Waals surface area contributed by atoms with E-state index in [0.29, 0.717) is 37.2 Å². The summed E-state index contributed by atoms with van der Waals surface area (Å²) in [5.41, 5.74) is 2.71. The van der Waals surface area contributed by atoms with Crippen molar-refractivity contribution >= 4 is 5.91 Å². The highest BCUT2D eigenvalue weighted by Crippen LogP contribution is 2.33. The first-order chi connectivity index (χ1) is 13.8. The smallest absolute Gasteiger partial charge is 0.267 e. The molecule has 28 heavy (non-hydrogen) atoms. The van der Waals surface area contributed by atoms with Gasteiger partial charge in [0.05, 0.1) is 18.7 Å². The number of amides is 1. The molecule has 1 saturated heterocycles. The average molecular weight is 377 g/mol. The second-order valence-corrected chi connectivity index (χ2v) is 7.01. The second-order valence-electron chi connectivity index (χ2n) is 7.01. The summed E-state index contributed by atoms with van der Waals surface area (Å²) in [6.07, 6.45) is 5.85. The van der Waals surface area contributed by atoms with Gasteiger partial charge in [-0.2, -0.15) is 0 Å². The van der Waals surface area contributed by atoms with Crippen molar-refractivity contribution < 1.29 is 13.9 Å². The molecular formula is C20H19N5O3. The van der Waals surface area contributed by atoms with Crippen LogP contribution in [0.5, 0.6) is 0 Å². The fourth-order valence-corrected chi connectivity index (χ4v) is 3.84. The monoisotopic (exact) mass is 377 g/mol. The Bertz CT molecular complexity index is 990. The molecule has 1 fully saturated rings. The van der Waals surface area contributed by atoms with Gasteiger partial charge in [-0.05, 0) is 24.0 Å². The fourth-order valence-electron chi connectivity index (χ4n) is 3.84. The van der Waals surface area contributed by atoms with Gasteiger partial charge in [-0.25, -0.2) is 4.98 Å². The molecule has 0 radical (unpaired) electrons. The van der Waals surface area contributed by atoms with Gasteiger partial charge in [-0.3, -0.25) is 9.78 Å². The summed E-state index contributed by atoms with van der Waals surface area (Å²) in [5, 5.41) is 8.24. The number of hydrogen-bond donors (Lipinski definition) is 0. The van der Waals surface area contributed by atoms with E-state index in [-0.39, 0.29) is 11.8 Å². The van der Waals surface area contributed by atoms with Gasteiger partial charge in [0.15, 0.2) is 6.10 Å². The Morgan fingerprint density at radius 1 is 1.18 bits per heavy atom. The normalized spacial score (nSPS) is 21.5. The Morgan fingerprint density at radius 2 is 2.11 bits per heavy atom. The summed E-state index contributed by atoms with van der Waals surface area (Å²) in [6, 6.07) is 8.00. The number of fused-ring (bicyclic) bond motifs is 1. The molecule has 2 aromatic heterocycles. The molecule has 0 bridgehead atoms. The molecule has 1 amide bonds. The molecule has 2 aliphatic heterocycles. The third-order valence-electron chi connectivity index (χ3n) is 5.29. The summed E-state index contributed by atoms with van der Waals surface area (Å²) in [5.74, 6) is 0.891. The van der Waals surface area contributed by atoms with Crippen molar-refractivity contribution in [2.75, 3.05) is 19.7 Å². The SMILES string of the molecule is O=C([C@H]1OCCc2ccccc21)N1CC[C@@H](c2nnc(-c3cnccn3)o2)C1. The molecular weight excluding hydrogens is 358 g/mol. The lowest BCUT2D eigenvalue weighted by Gasteiger charge is -2.28. The van der Waals surface area contributed by atoms with Crippen LogP contribution in [0.1, 0.15) is 35.5 Å². The minimum Gasteiger partial charge on any atom is -0.419 e. The molecule has 2 atom stereocenters. The number of nitrogens with zero attached hydrogens (tertiary/aromatic N) is 5. The number of rotatable bonds is 3. The minimum atomic E-state index is -0.526. The molecule has 0 aliphatic carbocycles. The first-order valence-corrected chi connectivity index (χ1v) is 9.37. The number of hydrogen-bond acceptors (Lipinski definition) is 7. The predicted octanol–water partition coefficient (Wildman–Crippen LogP) is 2.16. The Balaban J connectivity index is 1.30. The summed E-state index contributed by atoms with van der Waals surface area (Å²) < 4.78 is 11.6. The van der Waals surface area contributed by atoms with E-state index >= 15 is 0 Å².